The molecule has 4 heteroatoms. The Hall–Kier alpha value is -0.160. The number of hydrogen-bond acceptors (Lipinski definition) is 4. The zero-order valence-electron chi connectivity index (χ0n) is 11.2. The molecule has 3 fully saturated rings. The van der Waals surface area contributed by atoms with Gasteiger partial charge in [-0.3, -0.25) is 0 Å². The summed E-state index contributed by atoms with van der Waals surface area (Å²) in [6.45, 7) is 4.59. The summed E-state index contributed by atoms with van der Waals surface area (Å²) < 4.78 is 17.7. The minimum Gasteiger partial charge on any atom is -0.376 e. The van der Waals surface area contributed by atoms with Crippen LogP contribution in [-0.4, -0.2) is 50.7 Å². The summed E-state index contributed by atoms with van der Waals surface area (Å²) in [6.07, 6.45) is 7.59. The number of rotatable bonds is 3. The first-order valence-corrected chi connectivity index (χ1v) is 7.44. The van der Waals surface area contributed by atoms with E-state index in [4.69, 9.17) is 14.2 Å². The molecule has 0 radical (unpaired) electrons. The predicted octanol–water partition coefficient (Wildman–Crippen LogP) is 1.48. The second-order valence-corrected chi connectivity index (χ2v) is 5.89. The lowest BCUT2D eigenvalue weighted by Gasteiger charge is -2.32. The van der Waals surface area contributed by atoms with E-state index < -0.39 is 0 Å². The predicted molar refractivity (Wildman–Crippen MR) is 68.7 cm³/mol. The lowest BCUT2D eigenvalue weighted by Crippen LogP contribution is -2.41. The molecule has 3 saturated heterocycles. The normalized spacial score (nSPS) is 36.0. The molecule has 0 bridgehead atoms. The Kier molecular flexibility index (Phi) is 4.19. The molecule has 104 valence electrons. The van der Waals surface area contributed by atoms with Gasteiger partial charge in [0.2, 0.25) is 0 Å². The Bertz CT molecular complexity index is 260. The zero-order valence-corrected chi connectivity index (χ0v) is 11.2. The summed E-state index contributed by atoms with van der Waals surface area (Å²) >= 11 is 0. The number of hydrogen-bond donors (Lipinski definition) is 1. The van der Waals surface area contributed by atoms with Gasteiger partial charge in [-0.2, -0.15) is 0 Å². The van der Waals surface area contributed by atoms with Crippen LogP contribution in [0.15, 0.2) is 0 Å². The molecule has 1 N–H and O–H groups in total. The Balaban J connectivity index is 1.41. The SMILES string of the molecule is C1CCC(COC2COC3(CCNCC3)C2)OC1. The van der Waals surface area contributed by atoms with Gasteiger partial charge >= 0.3 is 0 Å². The van der Waals surface area contributed by atoms with Gasteiger partial charge in [0, 0.05) is 13.0 Å². The summed E-state index contributed by atoms with van der Waals surface area (Å²) in [5, 5.41) is 3.39. The van der Waals surface area contributed by atoms with E-state index in [-0.39, 0.29) is 11.7 Å². The van der Waals surface area contributed by atoms with Crippen LogP contribution >= 0.6 is 0 Å². The molecule has 3 aliphatic heterocycles. The largest absolute Gasteiger partial charge is 0.376 e. The van der Waals surface area contributed by atoms with Crippen molar-refractivity contribution in [3.8, 4) is 0 Å². The van der Waals surface area contributed by atoms with Crippen molar-refractivity contribution >= 4 is 0 Å². The van der Waals surface area contributed by atoms with Gasteiger partial charge in [0.15, 0.2) is 0 Å². The van der Waals surface area contributed by atoms with Crippen molar-refractivity contribution < 1.29 is 14.2 Å². The van der Waals surface area contributed by atoms with Gasteiger partial charge in [0.05, 0.1) is 31.0 Å². The molecule has 0 aromatic heterocycles. The Morgan fingerprint density at radius 3 is 2.89 bits per heavy atom. The molecule has 0 saturated carbocycles. The van der Waals surface area contributed by atoms with Crippen LogP contribution in [-0.2, 0) is 14.2 Å². The fraction of sp³-hybridized carbons (Fsp3) is 1.00. The van der Waals surface area contributed by atoms with Crippen LogP contribution in [0.2, 0.25) is 0 Å². The molecule has 0 amide bonds. The maximum Gasteiger partial charge on any atom is 0.0837 e. The van der Waals surface area contributed by atoms with Gasteiger partial charge in [-0.05, 0) is 45.2 Å². The van der Waals surface area contributed by atoms with E-state index in [1.165, 1.54) is 12.8 Å². The van der Waals surface area contributed by atoms with Crippen molar-refractivity contribution in [2.24, 2.45) is 0 Å². The first-order valence-electron chi connectivity index (χ1n) is 7.44. The van der Waals surface area contributed by atoms with Crippen molar-refractivity contribution in [2.75, 3.05) is 32.9 Å². The van der Waals surface area contributed by atoms with E-state index in [1.807, 2.05) is 0 Å². The third kappa shape index (κ3) is 3.05. The van der Waals surface area contributed by atoms with Crippen molar-refractivity contribution in [3.05, 3.63) is 0 Å². The fourth-order valence-electron chi connectivity index (χ4n) is 3.32. The molecular formula is C14H25NO3. The number of piperidine rings is 1. The van der Waals surface area contributed by atoms with E-state index in [2.05, 4.69) is 5.32 Å². The average Bonchev–Trinajstić information content (AvgIpc) is 2.82. The molecule has 0 aromatic rings. The third-order valence-corrected chi connectivity index (χ3v) is 4.48. The lowest BCUT2D eigenvalue weighted by molar-refractivity contribution is -0.0643. The molecule has 1 spiro atoms. The molecule has 0 aliphatic carbocycles. The minimum atomic E-state index is 0.114. The maximum absolute atomic E-state index is 6.03. The quantitative estimate of drug-likeness (QED) is 0.829. The van der Waals surface area contributed by atoms with Gasteiger partial charge in [0.1, 0.15) is 0 Å². The fourth-order valence-corrected chi connectivity index (χ4v) is 3.32. The molecule has 18 heavy (non-hydrogen) atoms. The highest BCUT2D eigenvalue weighted by atomic mass is 16.6. The molecular weight excluding hydrogens is 230 g/mol. The first-order chi connectivity index (χ1) is 8.86. The van der Waals surface area contributed by atoms with Crippen LogP contribution in [0.3, 0.4) is 0 Å². The smallest absolute Gasteiger partial charge is 0.0837 e. The van der Waals surface area contributed by atoms with E-state index in [0.717, 1.165) is 58.6 Å². The summed E-state index contributed by atoms with van der Waals surface area (Å²) in [4.78, 5) is 0. The summed E-state index contributed by atoms with van der Waals surface area (Å²) in [5.41, 5.74) is 0.114. The molecule has 4 nitrogen and oxygen atoms in total. The van der Waals surface area contributed by atoms with Crippen LogP contribution in [0, 0.1) is 0 Å². The Morgan fingerprint density at radius 2 is 2.11 bits per heavy atom. The van der Waals surface area contributed by atoms with Crippen LogP contribution in [0.1, 0.15) is 38.5 Å². The van der Waals surface area contributed by atoms with E-state index in [0.29, 0.717) is 6.10 Å². The summed E-state index contributed by atoms with van der Waals surface area (Å²) in [7, 11) is 0. The molecule has 3 aliphatic rings. The minimum absolute atomic E-state index is 0.114. The standard InChI is InChI=1S/C14H25NO3/c1-2-8-16-12(3-1)10-17-13-9-14(18-11-13)4-6-15-7-5-14/h12-13,15H,1-11H2. The van der Waals surface area contributed by atoms with Crippen LogP contribution in [0.5, 0.6) is 0 Å². The Labute approximate surface area is 109 Å². The van der Waals surface area contributed by atoms with E-state index in [1.54, 1.807) is 0 Å². The van der Waals surface area contributed by atoms with Crippen LogP contribution in [0.25, 0.3) is 0 Å². The van der Waals surface area contributed by atoms with Gasteiger partial charge in [0.25, 0.3) is 0 Å². The maximum atomic E-state index is 6.03. The van der Waals surface area contributed by atoms with Crippen molar-refractivity contribution in [3.63, 3.8) is 0 Å². The van der Waals surface area contributed by atoms with Crippen molar-refractivity contribution in [1.29, 1.82) is 0 Å². The van der Waals surface area contributed by atoms with E-state index >= 15 is 0 Å². The average molecular weight is 255 g/mol. The van der Waals surface area contributed by atoms with Crippen LogP contribution < -0.4 is 5.32 Å². The molecule has 3 rings (SSSR count). The highest BCUT2D eigenvalue weighted by Gasteiger charge is 2.41. The van der Waals surface area contributed by atoms with Gasteiger partial charge in [-0.15, -0.1) is 0 Å². The highest BCUT2D eigenvalue weighted by molar-refractivity contribution is 4.93. The second kappa shape index (κ2) is 5.87. The van der Waals surface area contributed by atoms with Crippen LogP contribution in [0.4, 0.5) is 0 Å². The van der Waals surface area contributed by atoms with Crippen molar-refractivity contribution in [1.82, 2.24) is 5.32 Å². The van der Waals surface area contributed by atoms with Gasteiger partial charge in [-0.1, -0.05) is 0 Å². The monoisotopic (exact) mass is 255 g/mol. The first kappa shape index (κ1) is 12.9. The molecule has 2 unspecified atom stereocenters. The van der Waals surface area contributed by atoms with Gasteiger partial charge < -0.3 is 19.5 Å². The number of ether oxygens (including phenoxy) is 3. The number of nitrogens with one attached hydrogen (secondary N) is 1. The summed E-state index contributed by atoms with van der Waals surface area (Å²) in [6, 6.07) is 0. The molecule has 0 aromatic carbocycles. The summed E-state index contributed by atoms with van der Waals surface area (Å²) in [5.74, 6) is 0. The lowest BCUT2D eigenvalue weighted by atomic mass is 9.89. The Morgan fingerprint density at radius 1 is 1.22 bits per heavy atom. The second-order valence-electron chi connectivity index (χ2n) is 5.89. The van der Waals surface area contributed by atoms with Gasteiger partial charge in [-0.25, -0.2) is 0 Å². The topological polar surface area (TPSA) is 39.7 Å². The third-order valence-electron chi connectivity index (χ3n) is 4.48. The van der Waals surface area contributed by atoms with E-state index in [9.17, 15) is 0 Å². The highest BCUT2D eigenvalue weighted by Crippen LogP contribution is 2.35. The zero-order chi connectivity index (χ0) is 12.3. The van der Waals surface area contributed by atoms with Crippen molar-refractivity contribution in [2.45, 2.75) is 56.3 Å². The molecule has 3 heterocycles. The molecule has 2 atom stereocenters.